The van der Waals surface area contributed by atoms with Crippen LogP contribution in [0.4, 0.5) is 5.69 Å². The van der Waals surface area contributed by atoms with E-state index in [1.54, 1.807) is 0 Å². The molecule has 0 atom stereocenters. The van der Waals surface area contributed by atoms with E-state index in [0.717, 1.165) is 37.9 Å². The third-order valence-electron chi connectivity index (χ3n) is 3.41. The number of benzene rings is 1. The number of rotatable bonds is 4. The van der Waals surface area contributed by atoms with Crippen molar-refractivity contribution in [3.63, 3.8) is 0 Å². The van der Waals surface area contributed by atoms with Crippen molar-refractivity contribution >= 4 is 11.6 Å². The summed E-state index contributed by atoms with van der Waals surface area (Å²) in [6, 6.07) is 8.30. The molecule has 1 aromatic rings. The Bertz CT molecular complexity index is 386. The Hall–Kier alpha value is -1.31. The van der Waals surface area contributed by atoms with Crippen molar-refractivity contribution in [1.82, 2.24) is 0 Å². The van der Waals surface area contributed by atoms with Crippen LogP contribution in [0, 0.1) is 0 Å². The van der Waals surface area contributed by atoms with Gasteiger partial charge in [0.1, 0.15) is 0 Å². The van der Waals surface area contributed by atoms with Crippen molar-refractivity contribution in [2.24, 2.45) is 0 Å². The molecule has 0 N–H and O–H groups in total. The van der Waals surface area contributed by atoms with E-state index < -0.39 is 0 Å². The minimum atomic E-state index is 0.297. The third-order valence-corrected chi connectivity index (χ3v) is 3.41. The van der Waals surface area contributed by atoms with Crippen LogP contribution in [0.3, 0.4) is 0 Å². The van der Waals surface area contributed by atoms with Gasteiger partial charge in [-0.3, -0.25) is 4.79 Å². The van der Waals surface area contributed by atoms with Crippen LogP contribution in [0.25, 0.3) is 0 Å². The predicted molar refractivity (Wildman–Crippen MR) is 71.3 cm³/mol. The first-order valence-corrected chi connectivity index (χ1v) is 6.71. The van der Waals surface area contributed by atoms with E-state index in [2.05, 4.69) is 25.1 Å². The molecule has 1 aliphatic rings. The van der Waals surface area contributed by atoms with Crippen molar-refractivity contribution in [3.8, 4) is 0 Å². The first-order valence-electron chi connectivity index (χ1n) is 6.71. The van der Waals surface area contributed by atoms with Crippen molar-refractivity contribution in [3.05, 3.63) is 29.8 Å². The minimum Gasteiger partial charge on any atom is -0.312 e. The molecule has 1 aliphatic heterocycles. The number of carbonyl (C=O) groups is 1. The summed E-state index contributed by atoms with van der Waals surface area (Å²) in [5.74, 6) is 0.297. The monoisotopic (exact) mass is 231 g/mol. The molecule has 17 heavy (non-hydrogen) atoms. The summed E-state index contributed by atoms with van der Waals surface area (Å²) < 4.78 is 0. The maximum absolute atomic E-state index is 12.2. The summed E-state index contributed by atoms with van der Waals surface area (Å²) in [7, 11) is 0. The maximum Gasteiger partial charge on any atom is 0.226 e. The average molecular weight is 231 g/mol. The number of nitrogens with zero attached hydrogens (tertiary/aromatic N) is 1. The van der Waals surface area contributed by atoms with E-state index in [0.29, 0.717) is 12.3 Å². The maximum atomic E-state index is 12.2. The van der Waals surface area contributed by atoms with Crippen LogP contribution >= 0.6 is 0 Å². The van der Waals surface area contributed by atoms with Gasteiger partial charge in [0.25, 0.3) is 0 Å². The number of unbranched alkanes of at least 4 members (excludes halogenated alkanes) is 2. The fraction of sp³-hybridized carbons (Fsp3) is 0.533. The number of hydrogen-bond acceptors (Lipinski definition) is 1. The van der Waals surface area contributed by atoms with Gasteiger partial charge in [0, 0.05) is 18.7 Å². The van der Waals surface area contributed by atoms with Crippen LogP contribution in [0.2, 0.25) is 0 Å². The fourth-order valence-electron chi connectivity index (χ4n) is 2.45. The van der Waals surface area contributed by atoms with E-state index in [-0.39, 0.29) is 0 Å². The number of aryl methyl sites for hydroxylation is 1. The molecule has 0 saturated carbocycles. The molecule has 1 heterocycles. The zero-order valence-electron chi connectivity index (χ0n) is 10.6. The summed E-state index contributed by atoms with van der Waals surface area (Å²) in [5.41, 5.74) is 2.46. The lowest BCUT2D eigenvalue weighted by Crippen LogP contribution is -2.35. The standard InChI is InChI=1S/C15H21NO/c1-2-3-4-11-15(17)16-12-7-9-13-8-5-6-10-14(13)16/h5-6,8,10H,2-4,7,9,11-12H2,1H3. The van der Waals surface area contributed by atoms with E-state index in [1.807, 2.05) is 11.0 Å². The zero-order valence-corrected chi connectivity index (χ0v) is 10.6. The number of carbonyl (C=O) groups excluding carboxylic acids is 1. The van der Waals surface area contributed by atoms with Crippen LogP contribution in [-0.4, -0.2) is 12.5 Å². The Morgan fingerprint density at radius 1 is 1.29 bits per heavy atom. The molecule has 1 amide bonds. The molecule has 0 radical (unpaired) electrons. The lowest BCUT2D eigenvalue weighted by molar-refractivity contribution is -0.118. The average Bonchev–Trinajstić information content (AvgIpc) is 2.38. The molecular formula is C15H21NO. The summed E-state index contributed by atoms with van der Waals surface area (Å²) >= 11 is 0. The quantitative estimate of drug-likeness (QED) is 0.726. The van der Waals surface area contributed by atoms with Crippen LogP contribution in [-0.2, 0) is 11.2 Å². The third kappa shape index (κ3) is 2.87. The van der Waals surface area contributed by atoms with Crippen LogP contribution in [0.15, 0.2) is 24.3 Å². The molecule has 92 valence electrons. The van der Waals surface area contributed by atoms with E-state index in [1.165, 1.54) is 12.0 Å². The van der Waals surface area contributed by atoms with Crippen molar-refractivity contribution in [2.75, 3.05) is 11.4 Å². The van der Waals surface area contributed by atoms with Gasteiger partial charge < -0.3 is 4.90 Å². The van der Waals surface area contributed by atoms with Crippen LogP contribution < -0.4 is 4.90 Å². The van der Waals surface area contributed by atoms with E-state index >= 15 is 0 Å². The second-order valence-electron chi connectivity index (χ2n) is 4.73. The molecule has 2 heteroatoms. The Balaban J connectivity index is 2.05. The molecular weight excluding hydrogens is 210 g/mol. The molecule has 0 aliphatic carbocycles. The Morgan fingerprint density at radius 3 is 2.94 bits per heavy atom. The number of fused-ring (bicyclic) bond motifs is 1. The van der Waals surface area contributed by atoms with Crippen LogP contribution in [0.1, 0.15) is 44.6 Å². The van der Waals surface area contributed by atoms with Gasteiger partial charge in [0.15, 0.2) is 0 Å². The predicted octanol–water partition coefficient (Wildman–Crippen LogP) is 3.55. The highest BCUT2D eigenvalue weighted by Crippen LogP contribution is 2.27. The second-order valence-corrected chi connectivity index (χ2v) is 4.73. The lowest BCUT2D eigenvalue weighted by atomic mass is 10.0. The second kappa shape index (κ2) is 5.85. The van der Waals surface area contributed by atoms with Gasteiger partial charge in [-0.15, -0.1) is 0 Å². The molecule has 2 rings (SSSR count). The number of hydrogen-bond donors (Lipinski definition) is 0. The normalized spacial score (nSPS) is 14.5. The largest absolute Gasteiger partial charge is 0.312 e. The Kier molecular flexibility index (Phi) is 4.18. The fourth-order valence-corrected chi connectivity index (χ4v) is 2.45. The van der Waals surface area contributed by atoms with Gasteiger partial charge in [-0.05, 0) is 30.9 Å². The smallest absolute Gasteiger partial charge is 0.226 e. The van der Waals surface area contributed by atoms with Gasteiger partial charge in [0.05, 0.1) is 0 Å². The van der Waals surface area contributed by atoms with Crippen molar-refractivity contribution < 1.29 is 4.79 Å². The highest BCUT2D eigenvalue weighted by Gasteiger charge is 2.21. The minimum absolute atomic E-state index is 0.297. The Morgan fingerprint density at radius 2 is 2.12 bits per heavy atom. The number of para-hydroxylation sites is 1. The van der Waals surface area contributed by atoms with Gasteiger partial charge in [-0.1, -0.05) is 38.0 Å². The molecule has 0 saturated heterocycles. The van der Waals surface area contributed by atoms with Gasteiger partial charge in [-0.25, -0.2) is 0 Å². The molecule has 0 spiro atoms. The lowest BCUT2D eigenvalue weighted by Gasteiger charge is -2.29. The summed E-state index contributed by atoms with van der Waals surface area (Å²) in [5, 5.41) is 0. The number of anilines is 1. The molecule has 1 aromatic carbocycles. The van der Waals surface area contributed by atoms with Crippen molar-refractivity contribution in [1.29, 1.82) is 0 Å². The molecule has 2 nitrogen and oxygen atoms in total. The SMILES string of the molecule is CCCCCC(=O)N1CCCc2ccccc21. The van der Waals surface area contributed by atoms with E-state index in [4.69, 9.17) is 0 Å². The molecule has 0 fully saturated rings. The highest BCUT2D eigenvalue weighted by atomic mass is 16.2. The van der Waals surface area contributed by atoms with Gasteiger partial charge >= 0.3 is 0 Å². The molecule has 0 aromatic heterocycles. The first-order chi connectivity index (χ1) is 8.33. The first kappa shape index (κ1) is 12.2. The highest BCUT2D eigenvalue weighted by molar-refractivity contribution is 5.94. The summed E-state index contributed by atoms with van der Waals surface area (Å²) in [6.07, 6.45) is 6.24. The molecule has 0 bridgehead atoms. The zero-order chi connectivity index (χ0) is 12.1. The van der Waals surface area contributed by atoms with Gasteiger partial charge in [-0.2, -0.15) is 0 Å². The Labute approximate surface area is 104 Å². The number of amides is 1. The topological polar surface area (TPSA) is 20.3 Å². The van der Waals surface area contributed by atoms with Crippen molar-refractivity contribution in [2.45, 2.75) is 45.4 Å². The van der Waals surface area contributed by atoms with Gasteiger partial charge in [0.2, 0.25) is 5.91 Å². The summed E-state index contributed by atoms with van der Waals surface area (Å²) in [6.45, 7) is 3.06. The van der Waals surface area contributed by atoms with Crippen LogP contribution in [0.5, 0.6) is 0 Å². The van der Waals surface area contributed by atoms with E-state index in [9.17, 15) is 4.79 Å². The molecule has 0 unspecified atom stereocenters. The summed E-state index contributed by atoms with van der Waals surface area (Å²) in [4.78, 5) is 14.1.